The summed E-state index contributed by atoms with van der Waals surface area (Å²) in [5.41, 5.74) is 3.36. The third-order valence-electron chi connectivity index (χ3n) is 5.44. The number of hydrogen-bond acceptors (Lipinski definition) is 7. The van der Waals surface area contributed by atoms with Gasteiger partial charge in [-0.15, -0.1) is 0 Å². The summed E-state index contributed by atoms with van der Waals surface area (Å²) in [5, 5.41) is 8.66. The Morgan fingerprint density at radius 1 is 1.06 bits per heavy atom. The standard InChI is InChI=1S/C22H25N3O6S/c26-22(23-27)8-5-16-3-1-2-4-19(16)25-11-9-17(10-12-25)24-32(28,29)18-6-7-20-21(15-18)31-14-13-30-20/h1-8,15,17,24,27H,9-14H2,(H,23,26)/b8-5+. The van der Waals surface area contributed by atoms with Crippen molar-refractivity contribution in [1.29, 1.82) is 0 Å². The number of hydroxylamine groups is 1. The van der Waals surface area contributed by atoms with Crippen LogP contribution in [0.15, 0.2) is 53.4 Å². The van der Waals surface area contributed by atoms with Crippen LogP contribution < -0.4 is 24.6 Å². The Hall–Kier alpha value is -3.08. The number of fused-ring (bicyclic) bond motifs is 1. The van der Waals surface area contributed by atoms with Crippen molar-refractivity contribution in [3.8, 4) is 11.5 Å². The van der Waals surface area contributed by atoms with Crippen molar-refractivity contribution in [2.75, 3.05) is 31.2 Å². The van der Waals surface area contributed by atoms with E-state index in [1.165, 1.54) is 18.2 Å². The highest BCUT2D eigenvalue weighted by Crippen LogP contribution is 2.32. The van der Waals surface area contributed by atoms with Gasteiger partial charge >= 0.3 is 0 Å². The predicted octanol–water partition coefficient (Wildman–Crippen LogP) is 1.92. The average Bonchev–Trinajstić information content (AvgIpc) is 2.82. The van der Waals surface area contributed by atoms with Crippen LogP contribution in [0.2, 0.25) is 0 Å². The van der Waals surface area contributed by atoms with E-state index in [2.05, 4.69) is 9.62 Å². The number of ether oxygens (including phenoxy) is 2. The molecule has 32 heavy (non-hydrogen) atoms. The van der Waals surface area contributed by atoms with Crippen LogP contribution in [0.5, 0.6) is 11.5 Å². The Labute approximate surface area is 186 Å². The molecule has 1 saturated heterocycles. The van der Waals surface area contributed by atoms with Crippen molar-refractivity contribution in [2.24, 2.45) is 0 Å². The van der Waals surface area contributed by atoms with E-state index in [1.807, 2.05) is 24.3 Å². The van der Waals surface area contributed by atoms with Crippen LogP contribution in [0.4, 0.5) is 5.69 Å². The number of nitrogens with zero attached hydrogens (tertiary/aromatic N) is 1. The summed E-state index contributed by atoms with van der Waals surface area (Å²) in [6.07, 6.45) is 4.17. The van der Waals surface area contributed by atoms with Gasteiger partial charge in [0.05, 0.1) is 4.90 Å². The smallest absolute Gasteiger partial charge is 0.267 e. The molecule has 2 aliphatic rings. The van der Waals surface area contributed by atoms with Gasteiger partial charge in [-0.1, -0.05) is 18.2 Å². The summed E-state index contributed by atoms with van der Waals surface area (Å²) >= 11 is 0. The molecule has 3 N–H and O–H groups in total. The van der Waals surface area contributed by atoms with Gasteiger partial charge in [-0.25, -0.2) is 18.6 Å². The topological polar surface area (TPSA) is 117 Å². The summed E-state index contributed by atoms with van der Waals surface area (Å²) in [6, 6.07) is 12.1. The van der Waals surface area contributed by atoms with Crippen molar-refractivity contribution >= 4 is 27.7 Å². The van der Waals surface area contributed by atoms with Crippen molar-refractivity contribution in [3.05, 3.63) is 54.1 Å². The lowest BCUT2D eigenvalue weighted by Crippen LogP contribution is -2.44. The van der Waals surface area contributed by atoms with Crippen molar-refractivity contribution in [1.82, 2.24) is 10.2 Å². The first-order valence-electron chi connectivity index (χ1n) is 10.3. The molecule has 0 atom stereocenters. The van der Waals surface area contributed by atoms with E-state index in [0.717, 1.165) is 11.3 Å². The molecule has 1 fully saturated rings. The van der Waals surface area contributed by atoms with Gasteiger partial charge in [0, 0.05) is 37.0 Å². The fraction of sp³-hybridized carbons (Fsp3) is 0.318. The van der Waals surface area contributed by atoms with E-state index in [4.69, 9.17) is 14.7 Å². The average molecular weight is 460 g/mol. The molecule has 2 aromatic carbocycles. The van der Waals surface area contributed by atoms with Gasteiger partial charge < -0.3 is 14.4 Å². The van der Waals surface area contributed by atoms with Gasteiger partial charge in [-0.3, -0.25) is 10.0 Å². The zero-order valence-corrected chi connectivity index (χ0v) is 18.2. The number of amides is 1. The minimum Gasteiger partial charge on any atom is -0.486 e. The van der Waals surface area contributed by atoms with Crippen LogP contribution >= 0.6 is 0 Å². The molecule has 0 aromatic heterocycles. The van der Waals surface area contributed by atoms with Gasteiger partial charge in [0.25, 0.3) is 5.91 Å². The summed E-state index contributed by atoms with van der Waals surface area (Å²) in [6.45, 7) is 2.16. The van der Waals surface area contributed by atoms with Crippen molar-refractivity contribution in [2.45, 2.75) is 23.8 Å². The molecule has 0 radical (unpaired) electrons. The number of benzene rings is 2. The van der Waals surface area contributed by atoms with E-state index >= 15 is 0 Å². The Balaban J connectivity index is 1.40. The van der Waals surface area contributed by atoms with Gasteiger partial charge in [0.15, 0.2) is 11.5 Å². The molecule has 1 amide bonds. The number of para-hydroxylation sites is 1. The number of sulfonamides is 1. The van der Waals surface area contributed by atoms with Crippen LogP contribution in [0.3, 0.4) is 0 Å². The number of piperidine rings is 1. The highest BCUT2D eigenvalue weighted by atomic mass is 32.2. The third-order valence-corrected chi connectivity index (χ3v) is 6.96. The molecular weight excluding hydrogens is 434 g/mol. The second kappa shape index (κ2) is 9.60. The maximum Gasteiger partial charge on any atom is 0.267 e. The van der Waals surface area contributed by atoms with E-state index in [0.29, 0.717) is 50.6 Å². The number of hydrogen-bond donors (Lipinski definition) is 3. The highest BCUT2D eigenvalue weighted by Gasteiger charge is 2.26. The second-order valence-electron chi connectivity index (χ2n) is 7.56. The van der Waals surface area contributed by atoms with Gasteiger partial charge in [0.1, 0.15) is 13.2 Å². The Morgan fingerprint density at radius 3 is 2.53 bits per heavy atom. The molecule has 2 aromatic rings. The number of rotatable bonds is 6. The van der Waals surface area contributed by atoms with Crippen LogP contribution in [-0.2, 0) is 14.8 Å². The first-order chi connectivity index (χ1) is 15.5. The fourth-order valence-corrected chi connectivity index (χ4v) is 5.16. The van der Waals surface area contributed by atoms with Crippen LogP contribution in [0.25, 0.3) is 6.08 Å². The summed E-state index contributed by atoms with van der Waals surface area (Å²) in [4.78, 5) is 13.6. The molecule has 4 rings (SSSR count). The third kappa shape index (κ3) is 5.04. The summed E-state index contributed by atoms with van der Waals surface area (Å²) in [7, 11) is -3.69. The molecule has 2 aliphatic heterocycles. The van der Waals surface area contributed by atoms with E-state index in [1.54, 1.807) is 17.6 Å². The molecule has 0 saturated carbocycles. The van der Waals surface area contributed by atoms with Crippen molar-refractivity contribution < 1.29 is 27.9 Å². The Morgan fingerprint density at radius 2 is 1.78 bits per heavy atom. The summed E-state index contributed by atoms with van der Waals surface area (Å²) < 4.78 is 39.5. The number of carbonyl (C=O) groups is 1. The molecule has 2 heterocycles. The van der Waals surface area contributed by atoms with Crippen LogP contribution in [0.1, 0.15) is 18.4 Å². The van der Waals surface area contributed by atoms with Crippen molar-refractivity contribution in [3.63, 3.8) is 0 Å². The zero-order valence-electron chi connectivity index (χ0n) is 17.4. The maximum atomic E-state index is 12.9. The first kappa shape index (κ1) is 22.1. The van der Waals surface area contributed by atoms with Gasteiger partial charge in [-0.05, 0) is 42.7 Å². The second-order valence-corrected chi connectivity index (χ2v) is 9.27. The zero-order chi connectivity index (χ0) is 22.6. The van der Waals surface area contributed by atoms with Gasteiger partial charge in [0.2, 0.25) is 10.0 Å². The highest BCUT2D eigenvalue weighted by molar-refractivity contribution is 7.89. The van der Waals surface area contributed by atoms with Gasteiger partial charge in [-0.2, -0.15) is 0 Å². The van der Waals surface area contributed by atoms with E-state index < -0.39 is 15.9 Å². The minimum atomic E-state index is -3.69. The predicted molar refractivity (Wildman–Crippen MR) is 118 cm³/mol. The molecular formula is C22H25N3O6S. The minimum absolute atomic E-state index is 0.154. The molecule has 10 heteroatoms. The number of carbonyl (C=O) groups excluding carboxylic acids is 1. The summed E-state index contributed by atoms with van der Waals surface area (Å²) in [5.74, 6) is 0.383. The molecule has 170 valence electrons. The Kier molecular flexibility index (Phi) is 6.63. The number of nitrogens with one attached hydrogen (secondary N) is 2. The quantitative estimate of drug-likeness (QED) is 0.343. The molecule has 0 aliphatic carbocycles. The SMILES string of the molecule is O=C(/C=C/c1ccccc1N1CCC(NS(=O)(=O)c2ccc3c(c2)OCCO3)CC1)NO. The lowest BCUT2D eigenvalue weighted by molar-refractivity contribution is -0.124. The first-order valence-corrected chi connectivity index (χ1v) is 11.8. The van der Waals surface area contributed by atoms with E-state index in [-0.39, 0.29) is 10.9 Å². The van der Waals surface area contributed by atoms with E-state index in [9.17, 15) is 13.2 Å². The van der Waals surface area contributed by atoms with Crippen LogP contribution in [0, 0.1) is 0 Å². The van der Waals surface area contributed by atoms with Crippen LogP contribution in [-0.4, -0.2) is 51.9 Å². The lowest BCUT2D eigenvalue weighted by atomic mass is 10.0. The monoisotopic (exact) mass is 459 g/mol. The largest absolute Gasteiger partial charge is 0.486 e. The Bertz CT molecular complexity index is 1110. The molecule has 0 spiro atoms. The molecule has 0 bridgehead atoms. The molecule has 9 nitrogen and oxygen atoms in total. The fourth-order valence-electron chi connectivity index (χ4n) is 3.84. The molecule has 0 unspecified atom stereocenters. The lowest BCUT2D eigenvalue weighted by Gasteiger charge is -2.34. The normalized spacial score (nSPS) is 16.8. The maximum absolute atomic E-state index is 12.9. The number of anilines is 1.